The van der Waals surface area contributed by atoms with Crippen molar-refractivity contribution < 1.29 is 9.53 Å². The van der Waals surface area contributed by atoms with E-state index in [-0.39, 0.29) is 11.9 Å². The third-order valence-electron chi connectivity index (χ3n) is 3.32. The highest BCUT2D eigenvalue weighted by Crippen LogP contribution is 2.21. The van der Waals surface area contributed by atoms with Crippen molar-refractivity contribution in [2.45, 2.75) is 26.7 Å². The van der Waals surface area contributed by atoms with Gasteiger partial charge in [-0.15, -0.1) is 0 Å². The molecule has 100 valence electrons. The van der Waals surface area contributed by atoms with Crippen LogP contribution in [0, 0.1) is 5.92 Å². The van der Waals surface area contributed by atoms with Crippen LogP contribution >= 0.6 is 0 Å². The number of pyridine rings is 1. The Balaban J connectivity index is 2.27. The second-order valence-electron chi connectivity index (χ2n) is 4.55. The summed E-state index contributed by atoms with van der Waals surface area (Å²) in [7, 11) is 0. The van der Waals surface area contributed by atoms with Crippen molar-refractivity contribution in [2.75, 3.05) is 6.61 Å². The van der Waals surface area contributed by atoms with E-state index in [0.29, 0.717) is 13.0 Å². The fraction of sp³-hybridized carbons (Fsp3) is 0.375. The molecular formula is C16H19NO2. The number of benzene rings is 1. The lowest BCUT2D eigenvalue weighted by Crippen LogP contribution is -2.19. The summed E-state index contributed by atoms with van der Waals surface area (Å²) >= 11 is 0. The van der Waals surface area contributed by atoms with Crippen LogP contribution in [0.2, 0.25) is 0 Å². The third-order valence-corrected chi connectivity index (χ3v) is 3.32. The summed E-state index contributed by atoms with van der Waals surface area (Å²) in [6.07, 6.45) is 3.30. The molecule has 1 aromatic carbocycles. The van der Waals surface area contributed by atoms with Crippen LogP contribution in [-0.2, 0) is 16.0 Å². The predicted octanol–water partition coefficient (Wildman–Crippen LogP) is 3.37. The highest BCUT2D eigenvalue weighted by atomic mass is 16.5. The van der Waals surface area contributed by atoms with Gasteiger partial charge in [0.05, 0.1) is 18.0 Å². The van der Waals surface area contributed by atoms with Gasteiger partial charge in [-0.2, -0.15) is 0 Å². The minimum absolute atomic E-state index is 0.0780. The van der Waals surface area contributed by atoms with E-state index in [1.807, 2.05) is 38.1 Å². The minimum atomic E-state index is -0.106. The number of fused-ring (bicyclic) bond motifs is 1. The SMILES string of the molecule is CCOC(=O)C(CC)Cc1ccnc2ccccc12. The Kier molecular flexibility index (Phi) is 4.50. The predicted molar refractivity (Wildman–Crippen MR) is 75.9 cm³/mol. The molecule has 2 rings (SSSR count). The van der Waals surface area contributed by atoms with Crippen LogP contribution in [0.15, 0.2) is 36.5 Å². The maximum atomic E-state index is 11.9. The van der Waals surface area contributed by atoms with Gasteiger partial charge in [0.15, 0.2) is 0 Å². The first-order valence-electron chi connectivity index (χ1n) is 6.75. The molecule has 0 saturated heterocycles. The van der Waals surface area contributed by atoms with Crippen LogP contribution in [0.1, 0.15) is 25.8 Å². The van der Waals surface area contributed by atoms with E-state index in [9.17, 15) is 4.79 Å². The number of hydrogen-bond donors (Lipinski definition) is 0. The van der Waals surface area contributed by atoms with Crippen LogP contribution in [0.3, 0.4) is 0 Å². The molecule has 1 heterocycles. The van der Waals surface area contributed by atoms with E-state index in [1.165, 1.54) is 0 Å². The summed E-state index contributed by atoms with van der Waals surface area (Å²) in [4.78, 5) is 16.2. The van der Waals surface area contributed by atoms with E-state index >= 15 is 0 Å². The van der Waals surface area contributed by atoms with Crippen LogP contribution < -0.4 is 0 Å². The van der Waals surface area contributed by atoms with E-state index in [2.05, 4.69) is 11.1 Å². The molecule has 0 saturated carbocycles. The van der Waals surface area contributed by atoms with Gasteiger partial charge >= 0.3 is 5.97 Å². The Morgan fingerprint density at radius 1 is 1.26 bits per heavy atom. The maximum Gasteiger partial charge on any atom is 0.309 e. The smallest absolute Gasteiger partial charge is 0.309 e. The Morgan fingerprint density at radius 2 is 2.05 bits per heavy atom. The number of para-hydroxylation sites is 1. The van der Waals surface area contributed by atoms with Gasteiger partial charge in [0.2, 0.25) is 0 Å². The van der Waals surface area contributed by atoms with Crippen LogP contribution in [0.5, 0.6) is 0 Å². The number of carbonyl (C=O) groups excluding carboxylic acids is 1. The zero-order chi connectivity index (χ0) is 13.7. The van der Waals surface area contributed by atoms with Crippen molar-refractivity contribution in [3.63, 3.8) is 0 Å². The summed E-state index contributed by atoms with van der Waals surface area (Å²) in [6, 6.07) is 10.0. The van der Waals surface area contributed by atoms with E-state index < -0.39 is 0 Å². The number of esters is 1. The minimum Gasteiger partial charge on any atom is -0.466 e. The van der Waals surface area contributed by atoms with Crippen molar-refractivity contribution in [2.24, 2.45) is 5.92 Å². The number of hydrogen-bond acceptors (Lipinski definition) is 3. The second-order valence-corrected chi connectivity index (χ2v) is 4.55. The number of carbonyl (C=O) groups is 1. The van der Waals surface area contributed by atoms with E-state index in [1.54, 1.807) is 6.20 Å². The Hall–Kier alpha value is -1.90. The molecule has 0 fully saturated rings. The first kappa shape index (κ1) is 13.5. The van der Waals surface area contributed by atoms with Crippen LogP contribution in [0.25, 0.3) is 10.9 Å². The third kappa shape index (κ3) is 3.11. The van der Waals surface area contributed by atoms with Crippen molar-refractivity contribution in [3.8, 4) is 0 Å². The zero-order valence-corrected chi connectivity index (χ0v) is 11.4. The second kappa shape index (κ2) is 6.32. The summed E-state index contributed by atoms with van der Waals surface area (Å²) in [5.41, 5.74) is 2.13. The van der Waals surface area contributed by atoms with Gasteiger partial charge < -0.3 is 4.74 Å². The highest BCUT2D eigenvalue weighted by molar-refractivity contribution is 5.82. The van der Waals surface area contributed by atoms with Gasteiger partial charge in [0.25, 0.3) is 0 Å². The molecular weight excluding hydrogens is 238 g/mol. The van der Waals surface area contributed by atoms with Crippen molar-refractivity contribution in [1.82, 2.24) is 4.98 Å². The zero-order valence-electron chi connectivity index (χ0n) is 11.4. The number of nitrogens with zero attached hydrogens (tertiary/aromatic N) is 1. The molecule has 0 aliphatic heterocycles. The average Bonchev–Trinajstić information content (AvgIpc) is 2.45. The number of rotatable bonds is 5. The summed E-state index contributed by atoms with van der Waals surface area (Å²) in [6.45, 7) is 4.30. The first-order valence-corrected chi connectivity index (χ1v) is 6.75. The van der Waals surface area contributed by atoms with Crippen molar-refractivity contribution in [3.05, 3.63) is 42.1 Å². The van der Waals surface area contributed by atoms with Gasteiger partial charge in [-0.25, -0.2) is 0 Å². The molecule has 0 aliphatic rings. The lowest BCUT2D eigenvalue weighted by atomic mass is 9.95. The Labute approximate surface area is 113 Å². The molecule has 19 heavy (non-hydrogen) atoms. The molecule has 0 radical (unpaired) electrons. The molecule has 3 heteroatoms. The van der Waals surface area contributed by atoms with Gasteiger partial charge in [-0.3, -0.25) is 9.78 Å². The standard InChI is InChI=1S/C16H19NO2/c1-3-12(16(18)19-4-2)11-13-9-10-17-15-8-6-5-7-14(13)15/h5-10,12H,3-4,11H2,1-2H3. The lowest BCUT2D eigenvalue weighted by Gasteiger charge is -2.14. The van der Waals surface area contributed by atoms with E-state index in [4.69, 9.17) is 4.74 Å². The lowest BCUT2D eigenvalue weighted by molar-refractivity contribution is -0.148. The van der Waals surface area contributed by atoms with Gasteiger partial charge in [-0.05, 0) is 37.5 Å². The van der Waals surface area contributed by atoms with Crippen molar-refractivity contribution >= 4 is 16.9 Å². The molecule has 0 aliphatic carbocycles. The van der Waals surface area contributed by atoms with Crippen LogP contribution in [-0.4, -0.2) is 17.6 Å². The Bertz CT molecular complexity index is 560. The molecule has 0 N–H and O–H groups in total. The quantitative estimate of drug-likeness (QED) is 0.771. The topological polar surface area (TPSA) is 39.2 Å². The fourth-order valence-electron chi connectivity index (χ4n) is 2.25. The molecule has 1 aromatic heterocycles. The monoisotopic (exact) mass is 257 g/mol. The molecule has 1 unspecified atom stereocenters. The summed E-state index contributed by atoms with van der Waals surface area (Å²) < 4.78 is 5.12. The normalized spacial score (nSPS) is 12.3. The molecule has 3 nitrogen and oxygen atoms in total. The van der Waals surface area contributed by atoms with Gasteiger partial charge in [-0.1, -0.05) is 25.1 Å². The largest absolute Gasteiger partial charge is 0.466 e. The number of aromatic nitrogens is 1. The average molecular weight is 257 g/mol. The van der Waals surface area contributed by atoms with Crippen LogP contribution in [0.4, 0.5) is 0 Å². The molecule has 0 bridgehead atoms. The van der Waals surface area contributed by atoms with Gasteiger partial charge in [0, 0.05) is 11.6 Å². The van der Waals surface area contributed by atoms with Gasteiger partial charge in [0.1, 0.15) is 0 Å². The molecule has 0 amide bonds. The molecule has 0 spiro atoms. The maximum absolute atomic E-state index is 11.9. The summed E-state index contributed by atoms with van der Waals surface area (Å²) in [5, 5.41) is 1.12. The fourth-order valence-corrected chi connectivity index (χ4v) is 2.25. The highest BCUT2D eigenvalue weighted by Gasteiger charge is 2.19. The van der Waals surface area contributed by atoms with Crippen molar-refractivity contribution in [1.29, 1.82) is 0 Å². The molecule has 1 atom stereocenters. The number of ether oxygens (including phenoxy) is 1. The van der Waals surface area contributed by atoms with E-state index in [0.717, 1.165) is 22.9 Å². The Morgan fingerprint density at radius 3 is 2.79 bits per heavy atom. The molecule has 2 aromatic rings. The first-order chi connectivity index (χ1) is 9.26. The summed E-state index contributed by atoms with van der Waals surface area (Å²) in [5.74, 6) is -0.184.